The van der Waals surface area contributed by atoms with Crippen molar-refractivity contribution in [3.05, 3.63) is 0 Å². The molecule has 2 heteroatoms. The van der Waals surface area contributed by atoms with Crippen LogP contribution in [0.1, 0.15) is 40.0 Å². The smallest absolute Gasteiger partial charge is 0.0536 e. The van der Waals surface area contributed by atoms with Crippen molar-refractivity contribution >= 4 is 21.6 Å². The van der Waals surface area contributed by atoms with Crippen molar-refractivity contribution < 1.29 is 0 Å². The molecule has 1 aliphatic carbocycles. The average molecular weight is 244 g/mol. The summed E-state index contributed by atoms with van der Waals surface area (Å²) in [5, 5.41) is 0. The lowest BCUT2D eigenvalue weighted by molar-refractivity contribution is 0.230. The summed E-state index contributed by atoms with van der Waals surface area (Å²) in [5.74, 6) is 0.783. The lowest BCUT2D eigenvalue weighted by Gasteiger charge is -2.36. The second-order valence-electron chi connectivity index (χ2n) is 5.02. The monoisotopic (exact) mass is 243 g/mol. The number of alkyl halides is 1. The Morgan fingerprint density at radius 3 is 2.77 bits per heavy atom. The van der Waals surface area contributed by atoms with Gasteiger partial charge in [-0.1, -0.05) is 29.8 Å². The van der Waals surface area contributed by atoms with Gasteiger partial charge in [0.05, 0.1) is 6.04 Å². The predicted molar refractivity (Wildman–Crippen MR) is 60.7 cm³/mol. The minimum absolute atomic E-state index is 0.344. The first-order valence-corrected chi connectivity index (χ1v) is 6.12. The topological polar surface area (TPSA) is 12.4 Å². The Labute approximate surface area is 89.1 Å². The highest BCUT2D eigenvalue weighted by Crippen LogP contribution is 2.47. The molecule has 0 radical (unpaired) electrons. The van der Waals surface area contributed by atoms with Gasteiger partial charge < -0.3 is 0 Å². The van der Waals surface area contributed by atoms with Gasteiger partial charge in [0.25, 0.3) is 0 Å². The Morgan fingerprint density at radius 1 is 1.38 bits per heavy atom. The van der Waals surface area contributed by atoms with Gasteiger partial charge in [0, 0.05) is 16.0 Å². The normalized spacial score (nSPS) is 42.8. The van der Waals surface area contributed by atoms with Gasteiger partial charge in [0.2, 0.25) is 0 Å². The number of hydrogen-bond donors (Lipinski definition) is 0. The molecule has 3 atom stereocenters. The standard InChI is InChI=1S/C11H18BrN/c1-7-11(2,3)9-6-8(12)4-5-10(9)13-7/h8-10H,4-6H2,1-3H3. The first-order valence-electron chi connectivity index (χ1n) is 5.21. The summed E-state index contributed by atoms with van der Waals surface area (Å²) in [6.45, 7) is 6.89. The number of hydrogen-bond acceptors (Lipinski definition) is 1. The minimum Gasteiger partial charge on any atom is -0.290 e. The summed E-state index contributed by atoms with van der Waals surface area (Å²) >= 11 is 3.75. The first-order chi connectivity index (χ1) is 6.01. The molecular weight excluding hydrogens is 226 g/mol. The summed E-state index contributed by atoms with van der Waals surface area (Å²) in [7, 11) is 0. The van der Waals surface area contributed by atoms with Crippen molar-refractivity contribution in [2.75, 3.05) is 0 Å². The van der Waals surface area contributed by atoms with E-state index in [0.717, 1.165) is 10.7 Å². The van der Waals surface area contributed by atoms with Crippen LogP contribution in [0.15, 0.2) is 4.99 Å². The van der Waals surface area contributed by atoms with Crippen LogP contribution in [0, 0.1) is 11.3 Å². The third-order valence-corrected chi connectivity index (χ3v) is 4.80. The van der Waals surface area contributed by atoms with E-state index in [-0.39, 0.29) is 0 Å². The fraction of sp³-hybridized carbons (Fsp3) is 0.909. The zero-order valence-corrected chi connectivity index (χ0v) is 10.3. The van der Waals surface area contributed by atoms with Crippen LogP contribution in [0.3, 0.4) is 0 Å². The Bertz CT molecular complexity index is 244. The Morgan fingerprint density at radius 2 is 2.08 bits per heavy atom. The number of fused-ring (bicyclic) bond motifs is 1. The maximum Gasteiger partial charge on any atom is 0.0536 e. The van der Waals surface area contributed by atoms with E-state index < -0.39 is 0 Å². The molecule has 0 N–H and O–H groups in total. The Hall–Kier alpha value is 0.150. The van der Waals surface area contributed by atoms with E-state index in [1.54, 1.807) is 0 Å². The quantitative estimate of drug-likeness (QED) is 0.579. The van der Waals surface area contributed by atoms with Gasteiger partial charge in [-0.25, -0.2) is 0 Å². The van der Waals surface area contributed by atoms with E-state index in [0.29, 0.717) is 11.5 Å². The maximum absolute atomic E-state index is 4.79. The lowest BCUT2D eigenvalue weighted by Crippen LogP contribution is -2.35. The van der Waals surface area contributed by atoms with Crippen LogP contribution in [0.2, 0.25) is 0 Å². The molecule has 1 nitrogen and oxygen atoms in total. The molecule has 0 bridgehead atoms. The second kappa shape index (κ2) is 3.08. The molecule has 3 unspecified atom stereocenters. The largest absolute Gasteiger partial charge is 0.290 e. The Kier molecular flexibility index (Phi) is 2.30. The molecule has 74 valence electrons. The molecule has 0 aromatic rings. The summed E-state index contributed by atoms with van der Waals surface area (Å²) in [6, 6.07) is 0.629. The van der Waals surface area contributed by atoms with Crippen molar-refractivity contribution in [3.8, 4) is 0 Å². The minimum atomic E-state index is 0.344. The summed E-state index contributed by atoms with van der Waals surface area (Å²) in [6.07, 6.45) is 3.88. The number of aliphatic imine (C=N–C) groups is 1. The van der Waals surface area contributed by atoms with E-state index in [2.05, 4.69) is 36.7 Å². The maximum atomic E-state index is 4.79. The van der Waals surface area contributed by atoms with E-state index in [9.17, 15) is 0 Å². The predicted octanol–water partition coefficient (Wildman–Crippen LogP) is 3.42. The molecule has 13 heavy (non-hydrogen) atoms. The zero-order chi connectivity index (χ0) is 9.64. The summed E-state index contributed by atoms with van der Waals surface area (Å²) in [5.41, 5.74) is 1.71. The van der Waals surface area contributed by atoms with Gasteiger partial charge in [-0.2, -0.15) is 0 Å². The molecule has 2 rings (SSSR count). The second-order valence-corrected chi connectivity index (χ2v) is 6.32. The van der Waals surface area contributed by atoms with E-state index >= 15 is 0 Å². The van der Waals surface area contributed by atoms with E-state index in [1.807, 2.05) is 0 Å². The molecule has 0 aromatic carbocycles. The summed E-state index contributed by atoms with van der Waals surface area (Å²) in [4.78, 5) is 5.52. The van der Waals surface area contributed by atoms with Crippen LogP contribution in [0.5, 0.6) is 0 Å². The van der Waals surface area contributed by atoms with Crippen LogP contribution in [-0.2, 0) is 0 Å². The lowest BCUT2D eigenvalue weighted by atomic mass is 9.69. The third kappa shape index (κ3) is 1.47. The molecule has 0 aromatic heterocycles. The molecule has 1 saturated carbocycles. The number of halogens is 1. The van der Waals surface area contributed by atoms with Crippen molar-refractivity contribution in [1.29, 1.82) is 0 Å². The molecule has 0 saturated heterocycles. The van der Waals surface area contributed by atoms with Crippen LogP contribution in [-0.4, -0.2) is 16.6 Å². The Balaban J connectivity index is 2.22. The van der Waals surface area contributed by atoms with Gasteiger partial charge in [0.1, 0.15) is 0 Å². The van der Waals surface area contributed by atoms with Gasteiger partial charge in [-0.3, -0.25) is 4.99 Å². The van der Waals surface area contributed by atoms with Crippen LogP contribution in [0.4, 0.5) is 0 Å². The van der Waals surface area contributed by atoms with Gasteiger partial charge in [-0.05, 0) is 32.1 Å². The number of rotatable bonds is 0. The van der Waals surface area contributed by atoms with Gasteiger partial charge in [0.15, 0.2) is 0 Å². The van der Waals surface area contributed by atoms with Gasteiger partial charge in [-0.15, -0.1) is 0 Å². The van der Waals surface area contributed by atoms with E-state index in [4.69, 9.17) is 4.99 Å². The van der Waals surface area contributed by atoms with E-state index in [1.165, 1.54) is 25.0 Å². The highest BCUT2D eigenvalue weighted by molar-refractivity contribution is 9.09. The highest BCUT2D eigenvalue weighted by Gasteiger charge is 2.45. The third-order valence-electron chi connectivity index (χ3n) is 3.97. The van der Waals surface area contributed by atoms with Crippen molar-refractivity contribution in [1.82, 2.24) is 0 Å². The highest BCUT2D eigenvalue weighted by atomic mass is 79.9. The zero-order valence-electron chi connectivity index (χ0n) is 8.68. The van der Waals surface area contributed by atoms with Crippen molar-refractivity contribution in [3.63, 3.8) is 0 Å². The molecule has 0 amide bonds. The molecule has 0 spiro atoms. The fourth-order valence-corrected chi connectivity index (χ4v) is 3.38. The molecule has 2 aliphatic rings. The summed E-state index contributed by atoms with van der Waals surface area (Å²) < 4.78 is 0. The van der Waals surface area contributed by atoms with Gasteiger partial charge >= 0.3 is 0 Å². The number of nitrogens with zero attached hydrogens (tertiary/aromatic N) is 1. The van der Waals surface area contributed by atoms with Crippen molar-refractivity contribution in [2.45, 2.75) is 50.9 Å². The SMILES string of the molecule is CC1=NC2CCC(Br)CC2C1(C)C. The first kappa shape index (κ1) is 9.70. The molecular formula is C11H18BrN. The van der Waals surface area contributed by atoms with Crippen LogP contribution < -0.4 is 0 Å². The fourth-order valence-electron chi connectivity index (χ4n) is 2.72. The van der Waals surface area contributed by atoms with Crippen molar-refractivity contribution in [2.24, 2.45) is 16.3 Å². The van der Waals surface area contributed by atoms with Crippen LogP contribution in [0.25, 0.3) is 0 Å². The molecule has 1 aliphatic heterocycles. The molecule has 1 fully saturated rings. The van der Waals surface area contributed by atoms with Crippen LogP contribution >= 0.6 is 15.9 Å². The average Bonchev–Trinajstić information content (AvgIpc) is 2.27. The molecule has 1 heterocycles.